The summed E-state index contributed by atoms with van der Waals surface area (Å²) in [5, 5.41) is 0. The number of hydrogen-bond donors (Lipinski definition) is 0. The molecule has 0 aromatic carbocycles. The lowest BCUT2D eigenvalue weighted by atomic mass is 9.96. The number of likely N-dealkylation sites (N-methyl/N-ethyl adjacent to an activating group) is 1. The highest BCUT2D eigenvalue weighted by Gasteiger charge is 2.28. The van der Waals surface area contributed by atoms with Crippen molar-refractivity contribution in [1.82, 2.24) is 4.90 Å². The smallest absolute Gasteiger partial charge is 0.251 e. The van der Waals surface area contributed by atoms with E-state index in [1.807, 2.05) is 7.05 Å². The molecule has 0 aromatic heterocycles. The second-order valence-corrected chi connectivity index (χ2v) is 5.26. The van der Waals surface area contributed by atoms with Gasteiger partial charge < -0.3 is 9.64 Å². The predicted octanol–water partition coefficient (Wildman–Crippen LogP) is 1.67. The van der Waals surface area contributed by atoms with Crippen molar-refractivity contribution >= 4 is 5.91 Å². The number of carbonyl (C=O) groups excluding carboxylic acids is 1. The largest absolute Gasteiger partial charge is 0.368 e. The third kappa shape index (κ3) is 3.29. The van der Waals surface area contributed by atoms with Gasteiger partial charge in [0.15, 0.2) is 0 Å². The molecule has 0 bridgehead atoms. The Morgan fingerprint density at radius 3 is 2.57 bits per heavy atom. The number of ether oxygens (including phenoxy) is 1. The van der Waals surface area contributed by atoms with Crippen LogP contribution in [0.4, 0.5) is 0 Å². The molecule has 0 saturated carbocycles. The Labute approximate surface area is 86.4 Å². The van der Waals surface area contributed by atoms with Gasteiger partial charge in [-0.2, -0.15) is 0 Å². The number of hydrogen-bond acceptors (Lipinski definition) is 2. The van der Waals surface area contributed by atoms with Gasteiger partial charge in [-0.05, 0) is 18.3 Å². The number of amides is 1. The summed E-state index contributed by atoms with van der Waals surface area (Å²) in [6.45, 7) is 7.91. The summed E-state index contributed by atoms with van der Waals surface area (Å²) in [7, 11) is 1.86. The highest BCUT2D eigenvalue weighted by Crippen LogP contribution is 2.18. The van der Waals surface area contributed by atoms with Crippen LogP contribution in [0.25, 0.3) is 0 Å². The van der Waals surface area contributed by atoms with E-state index in [0.717, 1.165) is 26.0 Å². The van der Waals surface area contributed by atoms with Crippen LogP contribution in [-0.2, 0) is 9.53 Å². The van der Waals surface area contributed by atoms with Gasteiger partial charge in [0.05, 0.1) is 0 Å². The van der Waals surface area contributed by atoms with E-state index in [1.165, 1.54) is 0 Å². The molecule has 0 aliphatic carbocycles. The molecule has 3 nitrogen and oxygen atoms in total. The van der Waals surface area contributed by atoms with E-state index in [-0.39, 0.29) is 17.4 Å². The average molecular weight is 199 g/mol. The quantitative estimate of drug-likeness (QED) is 0.677. The highest BCUT2D eigenvalue weighted by molar-refractivity contribution is 5.80. The molecule has 3 heteroatoms. The van der Waals surface area contributed by atoms with Crippen LogP contribution >= 0.6 is 0 Å². The fraction of sp³-hybridized carbons (Fsp3) is 0.909. The molecular weight excluding hydrogens is 178 g/mol. The van der Waals surface area contributed by atoms with E-state index in [1.54, 1.807) is 4.90 Å². The summed E-state index contributed by atoms with van der Waals surface area (Å²) in [6.07, 6.45) is 1.72. The molecule has 0 aromatic rings. The zero-order chi connectivity index (χ0) is 10.8. The van der Waals surface area contributed by atoms with Crippen LogP contribution in [0.3, 0.4) is 0 Å². The zero-order valence-corrected chi connectivity index (χ0v) is 9.67. The molecule has 1 fully saturated rings. The molecule has 1 amide bonds. The Bertz CT molecular complexity index is 202. The maximum Gasteiger partial charge on any atom is 0.251 e. The van der Waals surface area contributed by atoms with Crippen LogP contribution < -0.4 is 0 Å². The van der Waals surface area contributed by atoms with Crippen LogP contribution in [0.15, 0.2) is 0 Å². The Morgan fingerprint density at radius 1 is 1.50 bits per heavy atom. The van der Waals surface area contributed by atoms with Gasteiger partial charge in [-0.1, -0.05) is 20.8 Å². The Hall–Kier alpha value is -0.570. The highest BCUT2D eigenvalue weighted by atomic mass is 16.5. The molecule has 1 aliphatic rings. The molecule has 1 saturated heterocycles. The molecule has 1 rings (SSSR count). The lowest BCUT2D eigenvalue weighted by Gasteiger charge is -2.28. The minimum Gasteiger partial charge on any atom is -0.368 e. The molecule has 1 heterocycles. The Kier molecular flexibility index (Phi) is 3.53. The second-order valence-electron chi connectivity index (χ2n) is 5.26. The minimum atomic E-state index is -0.178. The van der Waals surface area contributed by atoms with Gasteiger partial charge in [-0.15, -0.1) is 0 Å². The number of carbonyl (C=O) groups is 1. The van der Waals surface area contributed by atoms with Crippen molar-refractivity contribution in [1.29, 1.82) is 0 Å². The first-order valence-electron chi connectivity index (χ1n) is 5.27. The molecular formula is C11H21NO2. The molecule has 0 N–H and O–H groups in total. The maximum atomic E-state index is 11.8. The first-order valence-corrected chi connectivity index (χ1v) is 5.27. The fourth-order valence-corrected chi connectivity index (χ4v) is 1.81. The molecule has 82 valence electrons. The molecule has 1 atom stereocenters. The number of nitrogens with zero attached hydrogens (tertiary/aromatic N) is 1. The summed E-state index contributed by atoms with van der Waals surface area (Å²) in [4.78, 5) is 13.6. The average Bonchev–Trinajstić information content (AvgIpc) is 2.51. The molecule has 0 radical (unpaired) electrons. The topological polar surface area (TPSA) is 29.5 Å². The van der Waals surface area contributed by atoms with Crippen LogP contribution in [0.2, 0.25) is 0 Å². The van der Waals surface area contributed by atoms with Gasteiger partial charge in [-0.25, -0.2) is 0 Å². The summed E-state index contributed by atoms with van der Waals surface area (Å²) < 4.78 is 5.36. The molecule has 0 spiro atoms. The summed E-state index contributed by atoms with van der Waals surface area (Å²) >= 11 is 0. The SMILES string of the molecule is CN(CC(C)(C)C)C(=O)[C@H]1CCCO1. The van der Waals surface area contributed by atoms with Crippen molar-refractivity contribution in [3.63, 3.8) is 0 Å². The van der Waals surface area contributed by atoms with Gasteiger partial charge in [0.2, 0.25) is 0 Å². The van der Waals surface area contributed by atoms with E-state index in [2.05, 4.69) is 20.8 Å². The molecule has 0 unspecified atom stereocenters. The molecule has 14 heavy (non-hydrogen) atoms. The van der Waals surface area contributed by atoms with Crippen LogP contribution in [-0.4, -0.2) is 37.1 Å². The molecule has 1 aliphatic heterocycles. The van der Waals surface area contributed by atoms with Crippen molar-refractivity contribution in [2.75, 3.05) is 20.2 Å². The van der Waals surface area contributed by atoms with Gasteiger partial charge in [0.25, 0.3) is 5.91 Å². The van der Waals surface area contributed by atoms with Crippen molar-refractivity contribution in [2.24, 2.45) is 5.41 Å². The van der Waals surface area contributed by atoms with E-state index in [9.17, 15) is 4.79 Å². The Balaban J connectivity index is 2.43. The third-order valence-electron chi connectivity index (χ3n) is 2.29. The van der Waals surface area contributed by atoms with Crippen molar-refractivity contribution < 1.29 is 9.53 Å². The van der Waals surface area contributed by atoms with Crippen LogP contribution in [0.5, 0.6) is 0 Å². The fourth-order valence-electron chi connectivity index (χ4n) is 1.81. The van der Waals surface area contributed by atoms with Crippen LogP contribution in [0.1, 0.15) is 33.6 Å². The van der Waals surface area contributed by atoms with E-state index >= 15 is 0 Å². The predicted molar refractivity (Wildman–Crippen MR) is 56.1 cm³/mol. The lowest BCUT2D eigenvalue weighted by Crippen LogP contribution is -2.40. The summed E-state index contributed by atoms with van der Waals surface area (Å²) in [6, 6.07) is 0. The summed E-state index contributed by atoms with van der Waals surface area (Å²) in [5.74, 6) is 0.137. The van der Waals surface area contributed by atoms with Crippen molar-refractivity contribution in [2.45, 2.75) is 39.7 Å². The van der Waals surface area contributed by atoms with E-state index in [4.69, 9.17) is 4.74 Å². The first-order chi connectivity index (χ1) is 6.40. The maximum absolute atomic E-state index is 11.8. The standard InChI is InChI=1S/C11H21NO2/c1-11(2,3)8-12(4)10(13)9-6-5-7-14-9/h9H,5-8H2,1-4H3/t9-/m1/s1. The summed E-state index contributed by atoms with van der Waals surface area (Å²) in [5.41, 5.74) is 0.156. The van der Waals surface area contributed by atoms with Gasteiger partial charge in [0, 0.05) is 20.2 Å². The van der Waals surface area contributed by atoms with Gasteiger partial charge >= 0.3 is 0 Å². The van der Waals surface area contributed by atoms with Gasteiger partial charge in [0.1, 0.15) is 6.10 Å². The first kappa shape index (κ1) is 11.5. The Morgan fingerprint density at radius 2 is 2.14 bits per heavy atom. The second kappa shape index (κ2) is 4.30. The van der Waals surface area contributed by atoms with E-state index in [0.29, 0.717) is 0 Å². The van der Waals surface area contributed by atoms with Crippen LogP contribution in [0, 0.1) is 5.41 Å². The van der Waals surface area contributed by atoms with Gasteiger partial charge in [-0.3, -0.25) is 4.79 Å². The van der Waals surface area contributed by atoms with E-state index < -0.39 is 0 Å². The van der Waals surface area contributed by atoms with Crippen molar-refractivity contribution in [3.05, 3.63) is 0 Å². The zero-order valence-electron chi connectivity index (χ0n) is 9.67. The number of rotatable bonds is 2. The minimum absolute atomic E-state index is 0.137. The monoisotopic (exact) mass is 199 g/mol. The normalized spacial score (nSPS) is 22.4. The lowest BCUT2D eigenvalue weighted by molar-refractivity contribution is -0.140. The third-order valence-corrected chi connectivity index (χ3v) is 2.29. The van der Waals surface area contributed by atoms with Crippen molar-refractivity contribution in [3.8, 4) is 0 Å².